The van der Waals surface area contributed by atoms with E-state index in [0.717, 1.165) is 19.4 Å². The molecule has 0 saturated carbocycles. The van der Waals surface area contributed by atoms with Gasteiger partial charge in [0.1, 0.15) is 0 Å². The first-order chi connectivity index (χ1) is 3.79. The number of aliphatic hydroxyl groups excluding tert-OH is 1. The highest BCUT2D eigenvalue weighted by Crippen LogP contribution is 2.05. The van der Waals surface area contributed by atoms with E-state index in [2.05, 4.69) is 12.2 Å². The molecule has 9 heavy (non-hydrogen) atoms. The zero-order valence-corrected chi connectivity index (χ0v) is 6.45. The fourth-order valence-electron chi connectivity index (χ4n) is 0.984. The number of aliphatic hydroxyl groups is 1. The number of piperidine rings is 1. The van der Waals surface area contributed by atoms with Crippen molar-refractivity contribution in [2.45, 2.75) is 31.9 Å². The van der Waals surface area contributed by atoms with Crippen molar-refractivity contribution in [1.29, 1.82) is 0 Å². The molecule has 1 fully saturated rings. The zero-order chi connectivity index (χ0) is 5.98. The average molecular weight is 152 g/mol. The second-order valence-corrected chi connectivity index (χ2v) is 2.54. The normalized spacial score (nSPS) is 35.3. The summed E-state index contributed by atoms with van der Waals surface area (Å²) in [7, 11) is 0. The molecular formula is C6H14ClNO. The van der Waals surface area contributed by atoms with Gasteiger partial charge in [0.25, 0.3) is 0 Å². The van der Waals surface area contributed by atoms with Crippen LogP contribution in [0.5, 0.6) is 0 Å². The third-order valence-electron chi connectivity index (χ3n) is 1.63. The molecule has 56 valence electrons. The summed E-state index contributed by atoms with van der Waals surface area (Å²) >= 11 is 0. The Morgan fingerprint density at radius 3 is 2.44 bits per heavy atom. The molecular weight excluding hydrogens is 138 g/mol. The molecule has 1 aliphatic heterocycles. The van der Waals surface area contributed by atoms with E-state index in [1.165, 1.54) is 0 Å². The molecule has 3 heteroatoms. The van der Waals surface area contributed by atoms with Crippen LogP contribution in [0.15, 0.2) is 0 Å². The smallest absolute Gasteiger partial charge is 0.0665 e. The number of hydrogen-bond acceptors (Lipinski definition) is 2. The summed E-state index contributed by atoms with van der Waals surface area (Å²) in [6.07, 6.45) is 1.99. The van der Waals surface area contributed by atoms with Crippen LogP contribution in [0.3, 0.4) is 0 Å². The van der Waals surface area contributed by atoms with Crippen LogP contribution < -0.4 is 5.32 Å². The average Bonchev–Trinajstić information content (AvgIpc) is 1.77. The second-order valence-electron chi connectivity index (χ2n) is 2.54. The molecule has 1 rings (SSSR count). The summed E-state index contributed by atoms with van der Waals surface area (Å²) in [5.74, 6) is 0. The van der Waals surface area contributed by atoms with Crippen LogP contribution in [-0.4, -0.2) is 23.8 Å². The molecule has 0 amide bonds. The number of rotatable bonds is 0. The quantitative estimate of drug-likeness (QED) is 0.530. The lowest BCUT2D eigenvalue weighted by Crippen LogP contribution is -2.39. The first kappa shape index (κ1) is 9.21. The molecule has 2 nitrogen and oxygen atoms in total. The first-order valence-corrected chi connectivity index (χ1v) is 3.20. The lowest BCUT2D eigenvalue weighted by Gasteiger charge is -2.23. The molecule has 0 radical (unpaired) electrons. The van der Waals surface area contributed by atoms with Crippen LogP contribution in [0.4, 0.5) is 0 Å². The molecule has 0 aromatic carbocycles. The third kappa shape index (κ3) is 3.04. The van der Waals surface area contributed by atoms with Crippen LogP contribution in [0.25, 0.3) is 0 Å². The van der Waals surface area contributed by atoms with E-state index in [-0.39, 0.29) is 18.5 Å². The molecule has 0 unspecified atom stereocenters. The molecule has 2 atom stereocenters. The van der Waals surface area contributed by atoms with Crippen LogP contribution in [0.1, 0.15) is 19.8 Å². The van der Waals surface area contributed by atoms with Gasteiger partial charge in [-0.2, -0.15) is 0 Å². The maximum atomic E-state index is 8.96. The predicted molar refractivity (Wildman–Crippen MR) is 40.0 cm³/mol. The molecule has 0 spiro atoms. The molecule has 2 N–H and O–H groups in total. The van der Waals surface area contributed by atoms with Gasteiger partial charge < -0.3 is 10.4 Å². The van der Waals surface area contributed by atoms with Gasteiger partial charge in [-0.25, -0.2) is 0 Å². The lowest BCUT2D eigenvalue weighted by atomic mass is 10.0. The van der Waals surface area contributed by atoms with E-state index >= 15 is 0 Å². The van der Waals surface area contributed by atoms with Gasteiger partial charge in [-0.3, -0.25) is 0 Å². The Morgan fingerprint density at radius 1 is 1.44 bits per heavy atom. The largest absolute Gasteiger partial charge is 0.392 e. The summed E-state index contributed by atoms with van der Waals surface area (Å²) in [6, 6.07) is 0.610. The van der Waals surface area contributed by atoms with Gasteiger partial charge in [0, 0.05) is 12.6 Å². The van der Waals surface area contributed by atoms with Gasteiger partial charge in [0.15, 0.2) is 0 Å². The Morgan fingerprint density at radius 2 is 2.11 bits per heavy atom. The minimum atomic E-state index is -0.0915. The molecule has 0 bridgehead atoms. The maximum absolute atomic E-state index is 8.96. The van der Waals surface area contributed by atoms with Gasteiger partial charge in [-0.1, -0.05) is 0 Å². The van der Waals surface area contributed by atoms with Gasteiger partial charge >= 0.3 is 0 Å². The first-order valence-electron chi connectivity index (χ1n) is 3.20. The van der Waals surface area contributed by atoms with E-state index in [0.29, 0.717) is 6.04 Å². The maximum Gasteiger partial charge on any atom is 0.0665 e. The summed E-state index contributed by atoms with van der Waals surface area (Å²) in [5.41, 5.74) is 0. The molecule has 0 aliphatic carbocycles. The lowest BCUT2D eigenvalue weighted by molar-refractivity contribution is 0.129. The van der Waals surface area contributed by atoms with Gasteiger partial charge in [-0.05, 0) is 19.8 Å². The second kappa shape index (κ2) is 4.09. The van der Waals surface area contributed by atoms with Crippen molar-refractivity contribution >= 4 is 12.4 Å². The standard InChI is InChI=1S/C6H13NO.ClH/c1-5-2-3-6(8)4-7-5;/h5-8H,2-4H2,1H3;1H/t5-,6-;/m1./s1. The molecule has 0 aromatic rings. The van der Waals surface area contributed by atoms with Crippen molar-refractivity contribution in [1.82, 2.24) is 5.32 Å². The third-order valence-corrected chi connectivity index (χ3v) is 1.63. The molecule has 1 heterocycles. The Kier molecular flexibility index (Phi) is 4.19. The van der Waals surface area contributed by atoms with Crippen molar-refractivity contribution in [3.05, 3.63) is 0 Å². The number of hydrogen-bond donors (Lipinski definition) is 2. The fraction of sp³-hybridized carbons (Fsp3) is 1.00. The minimum absolute atomic E-state index is 0. The SMILES string of the molecule is C[C@@H]1CC[C@@H](O)CN1.Cl. The summed E-state index contributed by atoms with van der Waals surface area (Å²) in [5, 5.41) is 12.1. The van der Waals surface area contributed by atoms with E-state index in [1.807, 2.05) is 0 Å². The van der Waals surface area contributed by atoms with Crippen LogP contribution in [0, 0.1) is 0 Å². The van der Waals surface area contributed by atoms with Gasteiger partial charge in [0.2, 0.25) is 0 Å². The highest BCUT2D eigenvalue weighted by molar-refractivity contribution is 5.85. The molecule has 0 aromatic heterocycles. The van der Waals surface area contributed by atoms with E-state index < -0.39 is 0 Å². The minimum Gasteiger partial charge on any atom is -0.392 e. The van der Waals surface area contributed by atoms with Crippen LogP contribution in [-0.2, 0) is 0 Å². The zero-order valence-electron chi connectivity index (χ0n) is 5.63. The number of halogens is 1. The monoisotopic (exact) mass is 151 g/mol. The highest BCUT2D eigenvalue weighted by atomic mass is 35.5. The number of β-amino-alcohol motifs (C(OH)–C–C–N with tert-alkyl or cyclic N) is 1. The van der Waals surface area contributed by atoms with Crippen molar-refractivity contribution in [2.75, 3.05) is 6.54 Å². The summed E-state index contributed by atoms with van der Waals surface area (Å²) < 4.78 is 0. The van der Waals surface area contributed by atoms with Crippen molar-refractivity contribution in [3.8, 4) is 0 Å². The fourth-order valence-corrected chi connectivity index (χ4v) is 0.984. The Labute approximate surface area is 62.1 Å². The van der Waals surface area contributed by atoms with E-state index in [1.54, 1.807) is 0 Å². The van der Waals surface area contributed by atoms with Crippen molar-refractivity contribution in [3.63, 3.8) is 0 Å². The Bertz CT molecular complexity index is 61.5. The molecule has 1 saturated heterocycles. The highest BCUT2D eigenvalue weighted by Gasteiger charge is 2.13. The summed E-state index contributed by atoms with van der Waals surface area (Å²) in [4.78, 5) is 0. The van der Waals surface area contributed by atoms with Gasteiger partial charge in [0.05, 0.1) is 6.10 Å². The Balaban J connectivity index is 0.000000640. The van der Waals surface area contributed by atoms with E-state index in [4.69, 9.17) is 5.11 Å². The summed E-state index contributed by atoms with van der Waals surface area (Å²) in [6.45, 7) is 2.92. The van der Waals surface area contributed by atoms with Crippen molar-refractivity contribution in [2.24, 2.45) is 0 Å². The van der Waals surface area contributed by atoms with Crippen LogP contribution >= 0.6 is 12.4 Å². The van der Waals surface area contributed by atoms with Crippen LogP contribution in [0.2, 0.25) is 0 Å². The Hall–Kier alpha value is 0.210. The topological polar surface area (TPSA) is 32.3 Å². The molecule has 1 aliphatic rings. The number of nitrogens with one attached hydrogen (secondary N) is 1. The van der Waals surface area contributed by atoms with Gasteiger partial charge in [-0.15, -0.1) is 12.4 Å². The van der Waals surface area contributed by atoms with E-state index in [9.17, 15) is 0 Å². The van der Waals surface area contributed by atoms with Crippen molar-refractivity contribution < 1.29 is 5.11 Å². The predicted octanol–water partition coefficient (Wildman–Crippen LogP) is 0.541.